The maximum atomic E-state index is 8.81. The van der Waals surface area contributed by atoms with E-state index < -0.39 is 0 Å². The predicted molar refractivity (Wildman–Crippen MR) is 128 cm³/mol. The summed E-state index contributed by atoms with van der Waals surface area (Å²) in [5.41, 5.74) is 5.98. The third kappa shape index (κ3) is 9.24. The maximum absolute atomic E-state index is 8.81. The average Bonchev–Trinajstić information content (AvgIpc) is 3.37. The fraction of sp³-hybridized carbons (Fsp3) is 0.130. The second-order valence-corrected chi connectivity index (χ2v) is 6.90. The van der Waals surface area contributed by atoms with E-state index in [-0.39, 0.29) is 44.4 Å². The molecule has 0 bridgehead atoms. The molecule has 2 heterocycles. The fourth-order valence-electron chi connectivity index (χ4n) is 2.51. The molecule has 0 saturated heterocycles. The van der Waals surface area contributed by atoms with Gasteiger partial charge in [0.05, 0.1) is 5.52 Å². The number of nitriles is 1. The number of nitrogens with one attached hydrogen (secondary N) is 2. The van der Waals surface area contributed by atoms with E-state index in [4.69, 9.17) is 15.3 Å². The Hall–Kier alpha value is -2.90. The monoisotopic (exact) mass is 536 g/mol. The van der Waals surface area contributed by atoms with E-state index in [2.05, 4.69) is 37.4 Å². The summed E-state index contributed by atoms with van der Waals surface area (Å²) in [4.78, 5) is 16.6. The van der Waals surface area contributed by atoms with Crippen LogP contribution in [0.3, 0.4) is 0 Å². The van der Waals surface area contributed by atoms with E-state index in [1.165, 1.54) is 12.5 Å². The molecule has 2 aromatic carbocycles. The van der Waals surface area contributed by atoms with Crippen LogP contribution in [0, 0.1) is 11.3 Å². The zero-order valence-corrected chi connectivity index (χ0v) is 21.9. The van der Waals surface area contributed by atoms with Gasteiger partial charge < -0.3 is 15.4 Å². The normalized spacial score (nSPS) is 9.03. The summed E-state index contributed by atoms with van der Waals surface area (Å²) in [5, 5.41) is 29.9. The first-order valence-corrected chi connectivity index (χ1v) is 10.5. The van der Waals surface area contributed by atoms with Crippen molar-refractivity contribution in [1.29, 1.82) is 5.26 Å². The number of fused-ring (bicyclic) bond motifs is 1. The average molecular weight is 536 g/mol. The number of carbonyl (C=O) groups is 1. The number of anilines is 2. The molecule has 3 N–H and O–H groups in total. The molecule has 0 aliphatic rings. The van der Waals surface area contributed by atoms with Gasteiger partial charge in [-0.2, -0.15) is 21.6 Å². The van der Waals surface area contributed by atoms with Gasteiger partial charge in [-0.3, -0.25) is 10.7 Å². The summed E-state index contributed by atoms with van der Waals surface area (Å²) in [6.07, 6.45) is 0.750. The molecule has 4 aromatic rings. The number of aldehydes is 1. The van der Waals surface area contributed by atoms with E-state index >= 15 is 0 Å². The van der Waals surface area contributed by atoms with Crippen molar-refractivity contribution in [3.05, 3.63) is 82.1 Å². The summed E-state index contributed by atoms with van der Waals surface area (Å²) in [6.45, 7) is 2.21. The standard InChI is InChI=1S/C12H13N2S.C9H6N4O.C2H4O.Y/c1-13-11-2-4-12(5-3-11)14-8-10-6-7-15-9-10;10-5-8-11-7-4-2-1-3-6(7)9(12-8)13-14;1-2-3;/h2-7,9,13H,8H2,1H3;1-4,14H,(H,11,12,13);2H,1H3;/q-1;;;. The number of para-hydroxylation sites is 1. The first-order chi connectivity index (χ1) is 15.6. The Morgan fingerprint density at radius 2 is 1.85 bits per heavy atom. The van der Waals surface area contributed by atoms with Gasteiger partial charge in [0.2, 0.25) is 5.82 Å². The molecule has 4 rings (SSSR count). The third-order valence-electron chi connectivity index (χ3n) is 3.99. The topological polar surface area (TPSA) is 125 Å². The Bertz CT molecular complexity index is 1150. The smallest absolute Gasteiger partial charge is 0.234 e. The van der Waals surface area contributed by atoms with Crippen LogP contribution in [0.15, 0.2) is 65.4 Å². The van der Waals surface area contributed by atoms with Crippen molar-refractivity contribution >= 4 is 45.7 Å². The van der Waals surface area contributed by atoms with Crippen LogP contribution in [0.1, 0.15) is 18.3 Å². The number of aromatic nitrogens is 2. The molecular formula is C23H23N6O2SY-. The van der Waals surface area contributed by atoms with Crippen LogP contribution in [-0.4, -0.2) is 28.5 Å². The van der Waals surface area contributed by atoms with Crippen molar-refractivity contribution in [2.75, 3.05) is 17.8 Å². The van der Waals surface area contributed by atoms with Crippen LogP contribution in [0.5, 0.6) is 0 Å². The molecule has 0 unspecified atom stereocenters. The van der Waals surface area contributed by atoms with Crippen LogP contribution in [0.2, 0.25) is 0 Å². The van der Waals surface area contributed by atoms with Crippen molar-refractivity contribution < 1.29 is 42.7 Å². The van der Waals surface area contributed by atoms with Gasteiger partial charge in [-0.15, -0.1) is 12.2 Å². The van der Waals surface area contributed by atoms with Crippen molar-refractivity contribution in [3.8, 4) is 6.07 Å². The number of rotatable bonds is 5. The zero-order chi connectivity index (χ0) is 23.2. The van der Waals surface area contributed by atoms with E-state index in [1.54, 1.807) is 35.6 Å². The summed E-state index contributed by atoms with van der Waals surface area (Å²) in [6, 6.07) is 19.2. The minimum Gasteiger partial charge on any atom is -0.681 e. The van der Waals surface area contributed by atoms with E-state index in [0.717, 1.165) is 24.2 Å². The fourth-order valence-corrected chi connectivity index (χ4v) is 3.17. The Morgan fingerprint density at radius 1 is 1.15 bits per heavy atom. The van der Waals surface area contributed by atoms with Crippen molar-refractivity contribution in [1.82, 2.24) is 9.97 Å². The predicted octanol–water partition coefficient (Wildman–Crippen LogP) is 5.50. The van der Waals surface area contributed by atoms with Gasteiger partial charge in [-0.25, -0.2) is 4.98 Å². The number of hydrogen-bond donors (Lipinski definition) is 3. The molecule has 0 spiro atoms. The molecule has 0 aliphatic heterocycles. The molecule has 33 heavy (non-hydrogen) atoms. The van der Waals surface area contributed by atoms with Crippen molar-refractivity contribution in [2.24, 2.45) is 0 Å². The molecule has 0 amide bonds. The van der Waals surface area contributed by atoms with Gasteiger partial charge in [0, 0.05) is 50.8 Å². The van der Waals surface area contributed by atoms with Gasteiger partial charge in [0.15, 0.2) is 5.82 Å². The number of nitrogens with zero attached hydrogens (tertiary/aromatic N) is 4. The Labute approximate surface area is 221 Å². The molecule has 0 saturated carbocycles. The summed E-state index contributed by atoms with van der Waals surface area (Å²) in [7, 11) is 1.91. The molecule has 8 nitrogen and oxygen atoms in total. The molecule has 10 heteroatoms. The second kappa shape index (κ2) is 15.8. The van der Waals surface area contributed by atoms with Crippen molar-refractivity contribution in [3.63, 3.8) is 0 Å². The largest absolute Gasteiger partial charge is 0.681 e. The molecule has 1 radical (unpaired) electrons. The van der Waals surface area contributed by atoms with Gasteiger partial charge in [-0.05, 0) is 48.0 Å². The van der Waals surface area contributed by atoms with Gasteiger partial charge in [0.1, 0.15) is 12.4 Å². The minimum absolute atomic E-state index is 0. The van der Waals surface area contributed by atoms with Crippen LogP contribution < -0.4 is 10.8 Å². The van der Waals surface area contributed by atoms with E-state index in [1.807, 2.05) is 42.9 Å². The van der Waals surface area contributed by atoms with Gasteiger partial charge >= 0.3 is 0 Å². The molecule has 0 aliphatic carbocycles. The Kier molecular flexibility index (Phi) is 13.5. The van der Waals surface area contributed by atoms with E-state index in [9.17, 15) is 0 Å². The summed E-state index contributed by atoms with van der Waals surface area (Å²) < 4.78 is 0. The molecular weight excluding hydrogens is 513 g/mol. The van der Waals surface area contributed by atoms with Gasteiger partial charge in [0.25, 0.3) is 0 Å². The zero-order valence-electron chi connectivity index (χ0n) is 18.3. The molecule has 0 fully saturated rings. The second-order valence-electron chi connectivity index (χ2n) is 6.12. The first-order valence-electron chi connectivity index (χ1n) is 9.58. The SMILES string of the molecule is CC=O.CNc1ccc([N-]Cc2ccsc2)cc1.N#Cc1nc(NO)c2ccccc2n1.[Y]. The summed E-state index contributed by atoms with van der Waals surface area (Å²) in [5.74, 6) is 0.271. The Morgan fingerprint density at radius 3 is 2.42 bits per heavy atom. The first kappa shape index (κ1) is 28.1. The number of carbonyl (C=O) groups excluding carboxylic acids is 1. The van der Waals surface area contributed by atoms with Crippen LogP contribution in [0.25, 0.3) is 16.2 Å². The maximum Gasteiger partial charge on any atom is 0.234 e. The minimum atomic E-state index is 0. The van der Waals surface area contributed by atoms with E-state index in [0.29, 0.717) is 10.9 Å². The van der Waals surface area contributed by atoms with Crippen molar-refractivity contribution in [2.45, 2.75) is 13.5 Å². The van der Waals surface area contributed by atoms with Gasteiger partial charge in [-0.1, -0.05) is 29.8 Å². The number of hydrogen-bond acceptors (Lipinski definition) is 8. The number of thiophene rings is 1. The summed E-state index contributed by atoms with van der Waals surface area (Å²) >= 11 is 1.71. The Balaban J connectivity index is 0.000000288. The molecule has 2 aromatic heterocycles. The van der Waals surface area contributed by atoms with Crippen LogP contribution in [0.4, 0.5) is 17.2 Å². The third-order valence-corrected chi connectivity index (χ3v) is 4.72. The van der Waals surface area contributed by atoms with Crippen LogP contribution >= 0.6 is 11.3 Å². The molecule has 167 valence electrons. The van der Waals surface area contributed by atoms with Crippen LogP contribution in [-0.2, 0) is 44.0 Å². The molecule has 0 atom stereocenters. The number of benzene rings is 2. The quantitative estimate of drug-likeness (QED) is 0.227.